The van der Waals surface area contributed by atoms with Crippen LogP contribution in [0.1, 0.15) is 11.1 Å². The van der Waals surface area contributed by atoms with Crippen molar-refractivity contribution < 1.29 is 14.3 Å². The number of alkyl halides is 1. The minimum atomic E-state index is -0.205. The number of aryl methyl sites for hydroxylation is 1. The molecule has 0 atom stereocenters. The van der Waals surface area contributed by atoms with Crippen molar-refractivity contribution in [3.63, 3.8) is 0 Å². The number of hydrogen-bond acceptors (Lipinski definition) is 3. The first-order chi connectivity index (χ1) is 8.12. The Morgan fingerprint density at radius 3 is 2.59 bits per heavy atom. The van der Waals surface area contributed by atoms with Gasteiger partial charge in [-0.25, -0.2) is 0 Å². The number of methoxy groups -OCH3 is 2. The normalized spacial score (nSPS) is 9.88. The summed E-state index contributed by atoms with van der Waals surface area (Å²) in [6.45, 7) is 2.33. The Morgan fingerprint density at radius 1 is 1.35 bits per heavy atom. The van der Waals surface area contributed by atoms with Crippen LogP contribution in [0.25, 0.3) is 0 Å². The molecule has 0 heterocycles. The monoisotopic (exact) mass is 257 g/mol. The van der Waals surface area contributed by atoms with Gasteiger partial charge in [-0.2, -0.15) is 0 Å². The van der Waals surface area contributed by atoms with E-state index in [-0.39, 0.29) is 11.8 Å². The summed E-state index contributed by atoms with van der Waals surface area (Å²) < 4.78 is 10.4. The van der Waals surface area contributed by atoms with E-state index in [9.17, 15) is 4.79 Å². The molecule has 0 saturated carbocycles. The van der Waals surface area contributed by atoms with Gasteiger partial charge in [-0.15, -0.1) is 11.6 Å². The third-order valence-electron chi connectivity index (χ3n) is 2.44. The predicted octanol–water partition coefficient (Wildman–Crippen LogP) is 1.87. The summed E-state index contributed by atoms with van der Waals surface area (Å²) in [4.78, 5) is 11.1. The van der Waals surface area contributed by atoms with Gasteiger partial charge in [0.2, 0.25) is 5.91 Å². The molecule has 0 aliphatic carbocycles. The highest BCUT2D eigenvalue weighted by Crippen LogP contribution is 2.28. The van der Waals surface area contributed by atoms with Crippen LogP contribution >= 0.6 is 11.6 Å². The summed E-state index contributed by atoms with van der Waals surface area (Å²) >= 11 is 5.42. The maximum absolute atomic E-state index is 11.1. The molecular weight excluding hydrogens is 242 g/mol. The van der Waals surface area contributed by atoms with Crippen LogP contribution in [-0.2, 0) is 11.3 Å². The van der Waals surface area contributed by atoms with Gasteiger partial charge in [-0.05, 0) is 18.6 Å². The second-order valence-electron chi connectivity index (χ2n) is 3.54. The van der Waals surface area contributed by atoms with Crippen LogP contribution in [0.5, 0.6) is 11.5 Å². The molecule has 0 fully saturated rings. The standard InChI is InChI=1S/C12H16ClNO3/c1-8-4-9(16-2)5-11(17-3)10(8)7-14-12(15)6-13/h4-5H,6-7H2,1-3H3,(H,14,15). The van der Waals surface area contributed by atoms with E-state index in [1.54, 1.807) is 20.3 Å². The molecule has 17 heavy (non-hydrogen) atoms. The van der Waals surface area contributed by atoms with Gasteiger partial charge in [0.25, 0.3) is 0 Å². The first kappa shape index (κ1) is 13.6. The van der Waals surface area contributed by atoms with Crippen molar-refractivity contribution >= 4 is 17.5 Å². The number of benzene rings is 1. The number of amides is 1. The van der Waals surface area contributed by atoms with Crippen LogP contribution in [0.4, 0.5) is 0 Å². The zero-order valence-corrected chi connectivity index (χ0v) is 10.9. The molecule has 1 rings (SSSR count). The third-order valence-corrected chi connectivity index (χ3v) is 2.69. The fraction of sp³-hybridized carbons (Fsp3) is 0.417. The van der Waals surface area contributed by atoms with E-state index in [0.29, 0.717) is 12.3 Å². The maximum Gasteiger partial charge on any atom is 0.235 e. The summed E-state index contributed by atoms with van der Waals surface area (Å²) in [7, 11) is 3.18. The predicted molar refractivity (Wildman–Crippen MR) is 66.8 cm³/mol. The second kappa shape index (κ2) is 6.35. The SMILES string of the molecule is COc1cc(C)c(CNC(=O)CCl)c(OC)c1. The number of rotatable bonds is 5. The van der Waals surface area contributed by atoms with E-state index in [2.05, 4.69) is 5.32 Å². The smallest absolute Gasteiger partial charge is 0.235 e. The van der Waals surface area contributed by atoms with Gasteiger partial charge in [-0.1, -0.05) is 0 Å². The topological polar surface area (TPSA) is 47.6 Å². The molecule has 0 radical (unpaired) electrons. The molecule has 1 aromatic carbocycles. The Hall–Kier alpha value is -1.42. The fourth-order valence-electron chi connectivity index (χ4n) is 1.51. The van der Waals surface area contributed by atoms with E-state index >= 15 is 0 Å². The van der Waals surface area contributed by atoms with Crippen molar-refractivity contribution in [2.24, 2.45) is 0 Å². The van der Waals surface area contributed by atoms with Crippen LogP contribution < -0.4 is 14.8 Å². The average molecular weight is 258 g/mol. The minimum Gasteiger partial charge on any atom is -0.497 e. The molecule has 4 nitrogen and oxygen atoms in total. The highest BCUT2D eigenvalue weighted by atomic mass is 35.5. The average Bonchev–Trinajstić information content (AvgIpc) is 2.35. The molecule has 0 unspecified atom stereocenters. The van der Waals surface area contributed by atoms with Crippen LogP contribution in [0, 0.1) is 6.92 Å². The molecule has 0 saturated heterocycles. The first-order valence-corrected chi connectivity index (χ1v) is 5.70. The minimum absolute atomic E-state index is 0.0441. The Balaban J connectivity index is 2.93. The molecule has 0 spiro atoms. The molecule has 0 aromatic heterocycles. The Labute approximate surface area is 106 Å². The van der Waals surface area contributed by atoms with Gasteiger partial charge >= 0.3 is 0 Å². The highest BCUT2D eigenvalue weighted by Gasteiger charge is 2.10. The summed E-state index contributed by atoms with van der Waals surface area (Å²) in [6.07, 6.45) is 0. The zero-order valence-electron chi connectivity index (χ0n) is 10.2. The van der Waals surface area contributed by atoms with E-state index in [0.717, 1.165) is 16.9 Å². The van der Waals surface area contributed by atoms with Gasteiger partial charge in [0.1, 0.15) is 17.4 Å². The Bertz CT molecular complexity index is 407. The number of nitrogens with one attached hydrogen (secondary N) is 1. The van der Waals surface area contributed by atoms with Crippen molar-refractivity contribution in [1.29, 1.82) is 0 Å². The van der Waals surface area contributed by atoms with Crippen molar-refractivity contribution in [3.05, 3.63) is 23.3 Å². The van der Waals surface area contributed by atoms with Gasteiger partial charge in [-0.3, -0.25) is 4.79 Å². The van der Waals surface area contributed by atoms with Crippen molar-refractivity contribution in [1.82, 2.24) is 5.32 Å². The van der Waals surface area contributed by atoms with Crippen LogP contribution in [0.3, 0.4) is 0 Å². The number of carbonyl (C=O) groups is 1. The molecule has 5 heteroatoms. The molecule has 0 aliphatic rings. The molecule has 94 valence electrons. The van der Waals surface area contributed by atoms with Gasteiger partial charge in [0.15, 0.2) is 0 Å². The van der Waals surface area contributed by atoms with Crippen molar-refractivity contribution in [3.8, 4) is 11.5 Å². The number of carbonyl (C=O) groups excluding carboxylic acids is 1. The summed E-state index contributed by atoms with van der Waals surface area (Å²) in [6, 6.07) is 3.68. The zero-order chi connectivity index (χ0) is 12.8. The largest absolute Gasteiger partial charge is 0.497 e. The second-order valence-corrected chi connectivity index (χ2v) is 3.80. The lowest BCUT2D eigenvalue weighted by Gasteiger charge is -2.14. The maximum atomic E-state index is 11.1. The molecular formula is C12H16ClNO3. The van der Waals surface area contributed by atoms with Crippen LogP contribution in [-0.4, -0.2) is 26.0 Å². The Morgan fingerprint density at radius 2 is 2.06 bits per heavy atom. The number of halogens is 1. The first-order valence-electron chi connectivity index (χ1n) is 5.16. The van der Waals surface area contributed by atoms with Gasteiger partial charge < -0.3 is 14.8 Å². The Kier molecular flexibility index (Phi) is 5.10. The lowest BCUT2D eigenvalue weighted by molar-refractivity contribution is -0.118. The van der Waals surface area contributed by atoms with Crippen molar-refractivity contribution in [2.75, 3.05) is 20.1 Å². The van der Waals surface area contributed by atoms with E-state index in [1.807, 2.05) is 13.0 Å². The lowest BCUT2D eigenvalue weighted by atomic mass is 10.1. The third kappa shape index (κ3) is 3.53. The quantitative estimate of drug-likeness (QED) is 0.820. The lowest BCUT2D eigenvalue weighted by Crippen LogP contribution is -2.24. The molecule has 0 aliphatic heterocycles. The molecule has 1 amide bonds. The number of hydrogen-bond donors (Lipinski definition) is 1. The fourth-order valence-corrected chi connectivity index (χ4v) is 1.61. The van der Waals surface area contributed by atoms with Crippen LogP contribution in [0.15, 0.2) is 12.1 Å². The van der Waals surface area contributed by atoms with Crippen LogP contribution in [0.2, 0.25) is 0 Å². The summed E-state index contributed by atoms with van der Waals surface area (Å²) in [5.74, 6) is 1.17. The molecule has 0 bridgehead atoms. The highest BCUT2D eigenvalue weighted by molar-refractivity contribution is 6.27. The van der Waals surface area contributed by atoms with Crippen molar-refractivity contribution in [2.45, 2.75) is 13.5 Å². The summed E-state index contributed by atoms with van der Waals surface area (Å²) in [5.41, 5.74) is 1.92. The summed E-state index contributed by atoms with van der Waals surface area (Å²) in [5, 5.41) is 2.71. The molecule has 1 aromatic rings. The van der Waals surface area contributed by atoms with E-state index in [4.69, 9.17) is 21.1 Å². The van der Waals surface area contributed by atoms with E-state index < -0.39 is 0 Å². The van der Waals surface area contributed by atoms with Gasteiger partial charge in [0, 0.05) is 18.2 Å². The van der Waals surface area contributed by atoms with E-state index in [1.165, 1.54) is 0 Å². The number of ether oxygens (including phenoxy) is 2. The van der Waals surface area contributed by atoms with Gasteiger partial charge in [0.05, 0.1) is 14.2 Å². The molecule has 1 N–H and O–H groups in total.